The van der Waals surface area contributed by atoms with Crippen molar-refractivity contribution >= 4 is 22.9 Å². The molecule has 1 aliphatic rings. The molecule has 3 aromatic carbocycles. The highest BCUT2D eigenvalue weighted by Crippen LogP contribution is 2.36. The van der Waals surface area contributed by atoms with Crippen LogP contribution in [0.15, 0.2) is 54.6 Å². The van der Waals surface area contributed by atoms with Crippen molar-refractivity contribution in [3.63, 3.8) is 0 Å². The number of carbonyl (C=O) groups excluding carboxylic acids is 2. The van der Waals surface area contributed by atoms with Crippen molar-refractivity contribution < 1.29 is 23.1 Å². The normalized spacial score (nSPS) is 12.4. The zero-order chi connectivity index (χ0) is 19.1. The Hall–Kier alpha value is -3.54. The van der Waals surface area contributed by atoms with E-state index in [0.29, 0.717) is 11.4 Å². The molecule has 0 amide bonds. The maximum atomic E-state index is 15.1. The Morgan fingerprint density at radius 3 is 2.07 bits per heavy atom. The highest BCUT2D eigenvalue weighted by atomic mass is 19.1. The molecule has 0 radical (unpaired) electrons. The molecule has 1 aliphatic carbocycles. The summed E-state index contributed by atoms with van der Waals surface area (Å²) in [6, 6.07) is 13.6. The van der Waals surface area contributed by atoms with Crippen molar-refractivity contribution in [1.82, 2.24) is 0 Å². The average molecular weight is 365 g/mol. The first kappa shape index (κ1) is 16.9. The van der Waals surface area contributed by atoms with Crippen molar-refractivity contribution in [3.8, 4) is 5.75 Å². The molecule has 0 bridgehead atoms. The SMILES string of the molecule is COc1ccccc1Nc1cc(F)c2c(c1F)C(=O)c1ccccc1C2=O. The third-order valence-electron chi connectivity index (χ3n) is 4.46. The summed E-state index contributed by atoms with van der Waals surface area (Å²) in [7, 11) is 1.45. The molecule has 0 aliphatic heterocycles. The highest BCUT2D eigenvalue weighted by Gasteiger charge is 2.36. The number of anilines is 2. The van der Waals surface area contributed by atoms with Crippen molar-refractivity contribution in [3.05, 3.63) is 88.5 Å². The molecule has 0 saturated heterocycles. The molecular weight excluding hydrogens is 352 g/mol. The zero-order valence-corrected chi connectivity index (χ0v) is 14.2. The quantitative estimate of drug-likeness (QED) is 0.581. The number of hydrogen-bond donors (Lipinski definition) is 1. The van der Waals surface area contributed by atoms with Crippen LogP contribution in [0.5, 0.6) is 5.75 Å². The first-order chi connectivity index (χ1) is 13.0. The Kier molecular flexibility index (Phi) is 3.96. The van der Waals surface area contributed by atoms with Gasteiger partial charge in [0, 0.05) is 17.2 Å². The molecule has 3 aromatic rings. The number of benzene rings is 3. The molecular formula is C21H13F2NO3. The van der Waals surface area contributed by atoms with Crippen LogP contribution in [0.1, 0.15) is 31.8 Å². The number of fused-ring (bicyclic) bond motifs is 2. The minimum atomic E-state index is -0.981. The van der Waals surface area contributed by atoms with E-state index in [1.165, 1.54) is 19.2 Å². The number of carbonyl (C=O) groups is 2. The fourth-order valence-corrected chi connectivity index (χ4v) is 3.19. The van der Waals surface area contributed by atoms with Gasteiger partial charge in [0.1, 0.15) is 11.6 Å². The number of ether oxygens (including phenoxy) is 1. The lowest BCUT2D eigenvalue weighted by atomic mass is 9.83. The van der Waals surface area contributed by atoms with Gasteiger partial charge in [-0.1, -0.05) is 36.4 Å². The standard InChI is InChI=1S/C21H13F2NO3/c1-27-16-9-5-4-8-14(16)24-15-10-13(22)17-18(19(15)23)21(26)12-7-3-2-6-11(12)20(17)25/h2-10,24H,1H3. The summed E-state index contributed by atoms with van der Waals surface area (Å²) in [4.78, 5) is 25.3. The summed E-state index contributed by atoms with van der Waals surface area (Å²) >= 11 is 0. The molecule has 0 aromatic heterocycles. The number of nitrogens with one attached hydrogen (secondary N) is 1. The molecule has 0 atom stereocenters. The minimum Gasteiger partial charge on any atom is -0.495 e. The van der Waals surface area contributed by atoms with Gasteiger partial charge < -0.3 is 10.1 Å². The van der Waals surface area contributed by atoms with Crippen molar-refractivity contribution in [1.29, 1.82) is 0 Å². The van der Waals surface area contributed by atoms with E-state index >= 15 is 4.39 Å². The predicted molar refractivity (Wildman–Crippen MR) is 95.9 cm³/mol. The molecule has 0 saturated carbocycles. The summed E-state index contributed by atoms with van der Waals surface area (Å²) in [5.74, 6) is -2.95. The van der Waals surface area contributed by atoms with Gasteiger partial charge in [-0.25, -0.2) is 8.78 Å². The second-order valence-corrected chi connectivity index (χ2v) is 6.00. The van der Waals surface area contributed by atoms with Crippen LogP contribution in [-0.4, -0.2) is 18.7 Å². The molecule has 0 unspecified atom stereocenters. The van der Waals surface area contributed by atoms with Crippen LogP contribution in [0.2, 0.25) is 0 Å². The van der Waals surface area contributed by atoms with Crippen LogP contribution >= 0.6 is 0 Å². The van der Waals surface area contributed by atoms with E-state index in [-0.39, 0.29) is 16.8 Å². The van der Waals surface area contributed by atoms with E-state index in [4.69, 9.17) is 4.74 Å². The van der Waals surface area contributed by atoms with E-state index in [9.17, 15) is 14.0 Å². The van der Waals surface area contributed by atoms with Crippen LogP contribution in [0.4, 0.5) is 20.2 Å². The number of ketones is 2. The molecule has 1 N–H and O–H groups in total. The second-order valence-electron chi connectivity index (χ2n) is 6.00. The highest BCUT2D eigenvalue weighted by molar-refractivity contribution is 6.28. The third-order valence-corrected chi connectivity index (χ3v) is 4.46. The lowest BCUT2D eigenvalue weighted by Crippen LogP contribution is -2.24. The molecule has 0 fully saturated rings. The Morgan fingerprint density at radius 2 is 1.41 bits per heavy atom. The van der Waals surface area contributed by atoms with Gasteiger partial charge in [-0.3, -0.25) is 9.59 Å². The molecule has 4 rings (SSSR count). The van der Waals surface area contributed by atoms with Crippen molar-refractivity contribution in [2.24, 2.45) is 0 Å². The van der Waals surface area contributed by atoms with Crippen molar-refractivity contribution in [2.45, 2.75) is 0 Å². The average Bonchev–Trinajstić information content (AvgIpc) is 2.69. The predicted octanol–water partition coefficient (Wildman–Crippen LogP) is 4.49. The molecule has 27 heavy (non-hydrogen) atoms. The summed E-state index contributed by atoms with van der Waals surface area (Å²) in [6.45, 7) is 0. The largest absolute Gasteiger partial charge is 0.495 e. The van der Waals surface area contributed by atoms with Crippen LogP contribution in [0.25, 0.3) is 0 Å². The van der Waals surface area contributed by atoms with Gasteiger partial charge in [0.15, 0.2) is 17.4 Å². The maximum absolute atomic E-state index is 15.1. The number of rotatable bonds is 3. The first-order valence-electron chi connectivity index (χ1n) is 8.13. The van der Waals surface area contributed by atoms with E-state index in [2.05, 4.69) is 5.32 Å². The number of hydrogen-bond acceptors (Lipinski definition) is 4. The van der Waals surface area contributed by atoms with Gasteiger partial charge in [-0.05, 0) is 12.1 Å². The molecule has 6 heteroatoms. The summed E-state index contributed by atoms with van der Waals surface area (Å²) in [5, 5.41) is 2.74. The first-order valence-corrected chi connectivity index (χ1v) is 8.13. The molecule has 134 valence electrons. The Bertz CT molecular complexity index is 1110. The second kappa shape index (κ2) is 6.32. The number of halogens is 2. The van der Waals surface area contributed by atoms with E-state index < -0.39 is 34.3 Å². The number of para-hydroxylation sites is 2. The third kappa shape index (κ3) is 2.57. The topological polar surface area (TPSA) is 55.4 Å². The Morgan fingerprint density at radius 1 is 0.815 bits per heavy atom. The van der Waals surface area contributed by atoms with Crippen LogP contribution in [0.3, 0.4) is 0 Å². The van der Waals surface area contributed by atoms with E-state index in [1.54, 1.807) is 36.4 Å². The summed E-state index contributed by atoms with van der Waals surface area (Å²) < 4.78 is 35.0. The van der Waals surface area contributed by atoms with Gasteiger partial charge in [0.25, 0.3) is 0 Å². The fraction of sp³-hybridized carbons (Fsp3) is 0.0476. The Balaban J connectivity index is 1.88. The van der Waals surface area contributed by atoms with E-state index in [0.717, 1.165) is 6.07 Å². The maximum Gasteiger partial charge on any atom is 0.197 e. The van der Waals surface area contributed by atoms with Gasteiger partial charge in [-0.15, -0.1) is 0 Å². The van der Waals surface area contributed by atoms with Crippen LogP contribution in [0, 0.1) is 11.6 Å². The van der Waals surface area contributed by atoms with Gasteiger partial charge in [-0.2, -0.15) is 0 Å². The van der Waals surface area contributed by atoms with Crippen molar-refractivity contribution in [2.75, 3.05) is 12.4 Å². The summed E-state index contributed by atoms with van der Waals surface area (Å²) in [6.07, 6.45) is 0. The van der Waals surface area contributed by atoms with Crippen LogP contribution in [-0.2, 0) is 0 Å². The minimum absolute atomic E-state index is 0.0581. The fourth-order valence-electron chi connectivity index (χ4n) is 3.19. The zero-order valence-electron chi connectivity index (χ0n) is 14.2. The summed E-state index contributed by atoms with van der Waals surface area (Å²) in [5.41, 5.74) is -0.830. The lowest BCUT2D eigenvalue weighted by Gasteiger charge is -2.20. The van der Waals surface area contributed by atoms with Gasteiger partial charge >= 0.3 is 0 Å². The Labute approximate surface area is 153 Å². The smallest absolute Gasteiger partial charge is 0.197 e. The molecule has 0 heterocycles. The van der Waals surface area contributed by atoms with Crippen LogP contribution < -0.4 is 10.1 Å². The molecule has 4 nitrogen and oxygen atoms in total. The lowest BCUT2D eigenvalue weighted by molar-refractivity contribution is 0.0972. The van der Waals surface area contributed by atoms with Gasteiger partial charge in [0.05, 0.1) is 29.6 Å². The van der Waals surface area contributed by atoms with Gasteiger partial charge in [0.2, 0.25) is 0 Å². The number of methoxy groups -OCH3 is 1. The molecule has 0 spiro atoms. The van der Waals surface area contributed by atoms with E-state index in [1.807, 2.05) is 0 Å². The monoisotopic (exact) mass is 365 g/mol.